The number of nitrogens with one attached hydrogen (secondary N) is 1. The normalized spacial score (nSPS) is 18.3. The number of hydrogen-bond donors (Lipinski definition) is 2. The van der Waals surface area contributed by atoms with Gasteiger partial charge < -0.3 is 20.2 Å². The number of rotatable bonds is 4. The molecule has 2 aliphatic rings. The van der Waals surface area contributed by atoms with Crippen LogP contribution in [-0.2, 0) is 4.79 Å². The molecule has 1 unspecified atom stereocenters. The molecule has 0 saturated carbocycles. The van der Waals surface area contributed by atoms with Gasteiger partial charge in [0.25, 0.3) is 5.91 Å². The van der Waals surface area contributed by atoms with Gasteiger partial charge in [0.15, 0.2) is 0 Å². The Labute approximate surface area is 187 Å². The molecule has 0 radical (unpaired) electrons. The predicted molar refractivity (Wildman–Crippen MR) is 126 cm³/mol. The van der Waals surface area contributed by atoms with Crippen molar-refractivity contribution in [2.45, 2.75) is 31.7 Å². The van der Waals surface area contributed by atoms with Crippen molar-refractivity contribution in [3.8, 4) is 5.75 Å². The predicted octanol–water partition coefficient (Wildman–Crippen LogP) is 4.39. The van der Waals surface area contributed by atoms with E-state index < -0.39 is 6.04 Å². The molecule has 1 atom stereocenters. The SMILES string of the molecule is O=C(Nc1cccc(N2CCCC2)c1)C1CCCN1C(=O)c1ccc2ccccc2c1O. The third-order valence-electron chi connectivity index (χ3n) is 6.53. The highest BCUT2D eigenvalue weighted by Gasteiger charge is 2.35. The molecule has 2 amide bonds. The molecule has 2 heterocycles. The van der Waals surface area contributed by atoms with E-state index in [-0.39, 0.29) is 23.1 Å². The van der Waals surface area contributed by atoms with Crippen LogP contribution in [0, 0.1) is 0 Å². The summed E-state index contributed by atoms with van der Waals surface area (Å²) in [7, 11) is 0. The number of amides is 2. The third kappa shape index (κ3) is 3.77. The van der Waals surface area contributed by atoms with E-state index >= 15 is 0 Å². The highest BCUT2D eigenvalue weighted by molar-refractivity contribution is 6.06. The molecule has 0 spiro atoms. The van der Waals surface area contributed by atoms with Crippen LogP contribution in [-0.4, -0.2) is 47.5 Å². The first-order valence-corrected chi connectivity index (χ1v) is 11.3. The number of aromatic hydroxyl groups is 1. The molecule has 164 valence electrons. The van der Waals surface area contributed by atoms with E-state index in [0.717, 1.165) is 36.3 Å². The van der Waals surface area contributed by atoms with E-state index in [0.29, 0.717) is 18.4 Å². The van der Waals surface area contributed by atoms with E-state index in [2.05, 4.69) is 16.3 Å². The maximum atomic E-state index is 13.3. The van der Waals surface area contributed by atoms with Crippen LogP contribution in [0.2, 0.25) is 0 Å². The molecular weight excluding hydrogens is 402 g/mol. The van der Waals surface area contributed by atoms with Crippen molar-refractivity contribution in [2.24, 2.45) is 0 Å². The van der Waals surface area contributed by atoms with E-state index in [1.807, 2.05) is 42.5 Å². The second-order valence-electron chi connectivity index (χ2n) is 8.57. The number of benzene rings is 3. The van der Waals surface area contributed by atoms with Crippen molar-refractivity contribution in [3.05, 3.63) is 66.2 Å². The van der Waals surface area contributed by atoms with Crippen LogP contribution in [0.3, 0.4) is 0 Å². The van der Waals surface area contributed by atoms with E-state index in [1.165, 1.54) is 12.8 Å². The number of carbonyl (C=O) groups is 2. The van der Waals surface area contributed by atoms with Gasteiger partial charge in [-0.2, -0.15) is 0 Å². The highest BCUT2D eigenvalue weighted by Crippen LogP contribution is 2.32. The number of likely N-dealkylation sites (tertiary alicyclic amines) is 1. The van der Waals surface area contributed by atoms with Gasteiger partial charge in [-0.25, -0.2) is 0 Å². The van der Waals surface area contributed by atoms with Crippen LogP contribution in [0.5, 0.6) is 5.75 Å². The lowest BCUT2D eigenvalue weighted by atomic mass is 10.0. The van der Waals surface area contributed by atoms with Crippen molar-refractivity contribution in [2.75, 3.05) is 29.9 Å². The average Bonchev–Trinajstić information content (AvgIpc) is 3.52. The number of fused-ring (bicyclic) bond motifs is 1. The molecule has 3 aromatic rings. The first-order valence-electron chi connectivity index (χ1n) is 11.3. The Balaban J connectivity index is 1.34. The lowest BCUT2D eigenvalue weighted by Gasteiger charge is -2.25. The van der Waals surface area contributed by atoms with Crippen LogP contribution in [0.15, 0.2) is 60.7 Å². The Hall–Kier alpha value is -3.54. The van der Waals surface area contributed by atoms with Gasteiger partial charge >= 0.3 is 0 Å². The van der Waals surface area contributed by atoms with Gasteiger partial charge in [0.1, 0.15) is 11.8 Å². The maximum Gasteiger partial charge on any atom is 0.258 e. The monoisotopic (exact) mass is 429 g/mol. The molecular formula is C26H27N3O3. The average molecular weight is 430 g/mol. The van der Waals surface area contributed by atoms with E-state index in [4.69, 9.17) is 0 Å². The van der Waals surface area contributed by atoms with E-state index in [1.54, 1.807) is 17.0 Å². The summed E-state index contributed by atoms with van der Waals surface area (Å²) in [6, 6.07) is 18.2. The Kier molecular flexibility index (Phi) is 5.43. The largest absolute Gasteiger partial charge is 0.506 e. The van der Waals surface area contributed by atoms with Crippen molar-refractivity contribution in [1.82, 2.24) is 4.90 Å². The zero-order chi connectivity index (χ0) is 22.1. The van der Waals surface area contributed by atoms with Crippen LogP contribution in [0.25, 0.3) is 10.8 Å². The van der Waals surface area contributed by atoms with Gasteiger partial charge in [-0.3, -0.25) is 9.59 Å². The number of hydrogen-bond acceptors (Lipinski definition) is 4. The van der Waals surface area contributed by atoms with Crippen molar-refractivity contribution >= 4 is 34.0 Å². The van der Waals surface area contributed by atoms with Gasteiger partial charge in [-0.05, 0) is 55.3 Å². The molecule has 3 aromatic carbocycles. The molecule has 6 nitrogen and oxygen atoms in total. The van der Waals surface area contributed by atoms with Crippen molar-refractivity contribution in [1.29, 1.82) is 0 Å². The molecule has 2 N–H and O–H groups in total. The first kappa shape index (κ1) is 20.4. The van der Waals surface area contributed by atoms with Crippen LogP contribution < -0.4 is 10.2 Å². The van der Waals surface area contributed by atoms with Crippen molar-refractivity contribution in [3.63, 3.8) is 0 Å². The topological polar surface area (TPSA) is 72.9 Å². The summed E-state index contributed by atoms with van der Waals surface area (Å²) in [5, 5.41) is 15.2. The Morgan fingerprint density at radius 1 is 0.906 bits per heavy atom. The summed E-state index contributed by atoms with van der Waals surface area (Å²) in [6.45, 7) is 2.58. The lowest BCUT2D eigenvalue weighted by molar-refractivity contribution is -0.119. The number of nitrogens with zero attached hydrogens (tertiary/aromatic N) is 2. The molecule has 6 heteroatoms. The summed E-state index contributed by atoms with van der Waals surface area (Å²) < 4.78 is 0. The maximum absolute atomic E-state index is 13.3. The second kappa shape index (κ2) is 8.54. The quantitative estimate of drug-likeness (QED) is 0.645. The van der Waals surface area contributed by atoms with Crippen molar-refractivity contribution < 1.29 is 14.7 Å². The smallest absolute Gasteiger partial charge is 0.258 e. The van der Waals surface area contributed by atoms with Gasteiger partial charge in [0.05, 0.1) is 5.56 Å². The number of anilines is 2. The molecule has 2 aliphatic heterocycles. The molecule has 2 saturated heterocycles. The minimum absolute atomic E-state index is 0.0301. The number of phenolic OH excluding ortho intramolecular Hbond substituents is 1. The number of carbonyl (C=O) groups excluding carboxylic acids is 2. The van der Waals surface area contributed by atoms with Gasteiger partial charge in [-0.1, -0.05) is 36.4 Å². The Morgan fingerprint density at radius 2 is 1.72 bits per heavy atom. The van der Waals surface area contributed by atoms with Gasteiger partial charge in [0, 0.05) is 36.4 Å². The molecule has 32 heavy (non-hydrogen) atoms. The molecule has 0 bridgehead atoms. The summed E-state index contributed by atoms with van der Waals surface area (Å²) in [4.78, 5) is 30.3. The fraction of sp³-hybridized carbons (Fsp3) is 0.308. The van der Waals surface area contributed by atoms with Crippen LogP contribution in [0.1, 0.15) is 36.0 Å². The Morgan fingerprint density at radius 3 is 2.56 bits per heavy atom. The fourth-order valence-corrected chi connectivity index (χ4v) is 4.85. The molecule has 2 fully saturated rings. The summed E-state index contributed by atoms with van der Waals surface area (Å²) in [5.74, 6) is -0.524. The van der Waals surface area contributed by atoms with Crippen LogP contribution in [0.4, 0.5) is 11.4 Å². The number of phenols is 1. The van der Waals surface area contributed by atoms with Crippen LogP contribution >= 0.6 is 0 Å². The van der Waals surface area contributed by atoms with Gasteiger partial charge in [-0.15, -0.1) is 0 Å². The minimum Gasteiger partial charge on any atom is -0.506 e. The fourth-order valence-electron chi connectivity index (χ4n) is 4.85. The Bertz CT molecular complexity index is 1170. The van der Waals surface area contributed by atoms with E-state index in [9.17, 15) is 14.7 Å². The zero-order valence-corrected chi connectivity index (χ0v) is 18.0. The molecule has 5 rings (SSSR count). The summed E-state index contributed by atoms with van der Waals surface area (Å²) in [5.41, 5.74) is 2.09. The molecule has 0 aliphatic carbocycles. The lowest BCUT2D eigenvalue weighted by Crippen LogP contribution is -2.43. The highest BCUT2D eigenvalue weighted by atomic mass is 16.3. The third-order valence-corrected chi connectivity index (χ3v) is 6.53. The summed E-state index contributed by atoms with van der Waals surface area (Å²) >= 11 is 0. The minimum atomic E-state index is -0.552. The summed E-state index contributed by atoms with van der Waals surface area (Å²) in [6.07, 6.45) is 3.75. The van der Waals surface area contributed by atoms with Gasteiger partial charge in [0.2, 0.25) is 5.91 Å². The zero-order valence-electron chi connectivity index (χ0n) is 18.0. The molecule has 0 aromatic heterocycles. The standard InChI is InChI=1S/C26H27N3O3/c30-24-21-10-2-1-7-18(21)12-13-22(24)26(32)29-16-6-11-23(29)25(31)27-19-8-5-9-20(17-19)28-14-3-4-15-28/h1-2,5,7-10,12-13,17,23,30H,3-4,6,11,14-16H2,(H,27,31). The second-order valence-corrected chi connectivity index (χ2v) is 8.57. The first-order chi connectivity index (χ1) is 15.6.